The predicted molar refractivity (Wildman–Crippen MR) is 90.1 cm³/mol. The molecule has 0 bridgehead atoms. The molecule has 2 aromatic carbocycles. The van der Waals surface area contributed by atoms with Gasteiger partial charge in [-0.25, -0.2) is 0 Å². The van der Waals surface area contributed by atoms with Gasteiger partial charge in [-0.05, 0) is 58.7 Å². The van der Waals surface area contributed by atoms with Crippen molar-refractivity contribution in [1.29, 1.82) is 0 Å². The summed E-state index contributed by atoms with van der Waals surface area (Å²) in [5, 5.41) is 10.6. The van der Waals surface area contributed by atoms with Crippen LogP contribution < -0.4 is 9.47 Å². The van der Waals surface area contributed by atoms with E-state index in [4.69, 9.17) is 9.47 Å². The van der Waals surface area contributed by atoms with Gasteiger partial charge in [0.25, 0.3) is 0 Å². The van der Waals surface area contributed by atoms with E-state index in [0.29, 0.717) is 12.4 Å². The SMILES string of the molecule is CCOc1ccc(Br)cc1C(O)c1ccc(OC)c(Br)c1. The largest absolute Gasteiger partial charge is 0.496 e. The van der Waals surface area contributed by atoms with Crippen molar-refractivity contribution in [1.82, 2.24) is 0 Å². The Bertz CT molecular complexity index is 629. The molecule has 5 heteroatoms. The van der Waals surface area contributed by atoms with Crippen LogP contribution in [0.15, 0.2) is 45.3 Å². The molecule has 0 aromatic heterocycles. The first kappa shape index (κ1) is 16.3. The summed E-state index contributed by atoms with van der Waals surface area (Å²) >= 11 is 6.86. The van der Waals surface area contributed by atoms with Crippen LogP contribution in [0.3, 0.4) is 0 Å². The third-order valence-corrected chi connectivity index (χ3v) is 4.17. The number of methoxy groups -OCH3 is 1. The van der Waals surface area contributed by atoms with E-state index in [1.165, 1.54) is 0 Å². The van der Waals surface area contributed by atoms with Crippen molar-refractivity contribution in [2.75, 3.05) is 13.7 Å². The van der Waals surface area contributed by atoms with E-state index < -0.39 is 6.10 Å². The Morgan fingerprint density at radius 2 is 1.81 bits per heavy atom. The van der Waals surface area contributed by atoms with E-state index in [1.54, 1.807) is 7.11 Å². The van der Waals surface area contributed by atoms with Crippen LogP contribution in [-0.2, 0) is 0 Å². The van der Waals surface area contributed by atoms with Gasteiger partial charge in [-0.2, -0.15) is 0 Å². The number of halogens is 2. The third kappa shape index (κ3) is 3.78. The van der Waals surface area contributed by atoms with Gasteiger partial charge in [0, 0.05) is 10.0 Å². The lowest BCUT2D eigenvalue weighted by molar-refractivity contribution is 0.211. The maximum Gasteiger partial charge on any atom is 0.133 e. The number of benzene rings is 2. The summed E-state index contributed by atoms with van der Waals surface area (Å²) in [5.41, 5.74) is 1.49. The van der Waals surface area contributed by atoms with Gasteiger partial charge in [-0.15, -0.1) is 0 Å². The molecule has 2 aromatic rings. The van der Waals surface area contributed by atoms with Crippen LogP contribution in [-0.4, -0.2) is 18.8 Å². The fraction of sp³-hybridized carbons (Fsp3) is 0.250. The minimum Gasteiger partial charge on any atom is -0.496 e. The molecule has 1 N–H and O–H groups in total. The summed E-state index contributed by atoms with van der Waals surface area (Å²) in [6.45, 7) is 2.47. The monoisotopic (exact) mass is 414 g/mol. The topological polar surface area (TPSA) is 38.7 Å². The van der Waals surface area contributed by atoms with E-state index in [1.807, 2.05) is 43.3 Å². The van der Waals surface area contributed by atoms with Crippen molar-refractivity contribution in [3.63, 3.8) is 0 Å². The van der Waals surface area contributed by atoms with E-state index >= 15 is 0 Å². The van der Waals surface area contributed by atoms with E-state index in [2.05, 4.69) is 31.9 Å². The minimum absolute atomic E-state index is 0.549. The molecule has 1 atom stereocenters. The molecule has 2 rings (SSSR count). The van der Waals surface area contributed by atoms with Crippen molar-refractivity contribution in [3.05, 3.63) is 56.5 Å². The molecule has 1 unspecified atom stereocenters. The summed E-state index contributed by atoms with van der Waals surface area (Å²) in [4.78, 5) is 0. The van der Waals surface area contributed by atoms with Crippen LogP contribution in [0, 0.1) is 0 Å². The highest BCUT2D eigenvalue weighted by Crippen LogP contribution is 2.35. The zero-order chi connectivity index (χ0) is 15.4. The highest BCUT2D eigenvalue weighted by atomic mass is 79.9. The predicted octanol–water partition coefficient (Wildman–Crippen LogP) is 4.70. The lowest BCUT2D eigenvalue weighted by Crippen LogP contribution is -2.04. The molecule has 0 aliphatic heterocycles. The van der Waals surface area contributed by atoms with Gasteiger partial charge in [-0.3, -0.25) is 0 Å². The Morgan fingerprint density at radius 3 is 2.43 bits per heavy atom. The molecule has 112 valence electrons. The number of aliphatic hydroxyl groups excluding tert-OH is 1. The van der Waals surface area contributed by atoms with Crippen LogP contribution in [0.25, 0.3) is 0 Å². The normalized spacial score (nSPS) is 12.0. The molecular weight excluding hydrogens is 400 g/mol. The summed E-state index contributed by atoms with van der Waals surface area (Å²) in [5.74, 6) is 1.41. The number of hydrogen-bond acceptors (Lipinski definition) is 3. The second-order valence-electron chi connectivity index (χ2n) is 4.41. The van der Waals surface area contributed by atoms with Crippen molar-refractivity contribution in [2.45, 2.75) is 13.0 Å². The summed E-state index contributed by atoms with van der Waals surface area (Å²) < 4.78 is 12.5. The molecule has 0 fully saturated rings. The fourth-order valence-corrected chi connectivity index (χ4v) is 2.99. The molecule has 0 aliphatic rings. The highest BCUT2D eigenvalue weighted by molar-refractivity contribution is 9.10. The highest BCUT2D eigenvalue weighted by Gasteiger charge is 2.17. The molecule has 0 radical (unpaired) electrons. The van der Waals surface area contributed by atoms with Crippen molar-refractivity contribution >= 4 is 31.9 Å². The molecule has 0 amide bonds. The van der Waals surface area contributed by atoms with Crippen LogP contribution in [0.4, 0.5) is 0 Å². The van der Waals surface area contributed by atoms with Crippen LogP contribution in [0.1, 0.15) is 24.2 Å². The Kier molecular flexibility index (Phi) is 5.67. The quantitative estimate of drug-likeness (QED) is 0.768. The van der Waals surface area contributed by atoms with Crippen LogP contribution >= 0.6 is 31.9 Å². The van der Waals surface area contributed by atoms with Gasteiger partial charge >= 0.3 is 0 Å². The number of rotatable bonds is 5. The molecular formula is C16H16Br2O3. The molecule has 0 heterocycles. The van der Waals surface area contributed by atoms with E-state index in [-0.39, 0.29) is 0 Å². The number of ether oxygens (including phenoxy) is 2. The number of aliphatic hydroxyl groups is 1. The first-order valence-corrected chi connectivity index (χ1v) is 8.09. The summed E-state index contributed by atoms with van der Waals surface area (Å²) in [7, 11) is 1.61. The summed E-state index contributed by atoms with van der Waals surface area (Å²) in [6.07, 6.45) is -0.772. The zero-order valence-electron chi connectivity index (χ0n) is 11.8. The smallest absolute Gasteiger partial charge is 0.133 e. The first-order chi connectivity index (χ1) is 10.1. The number of hydrogen-bond donors (Lipinski definition) is 1. The van der Waals surface area contributed by atoms with Gasteiger partial charge in [0.1, 0.15) is 17.6 Å². The molecule has 0 aliphatic carbocycles. The third-order valence-electron chi connectivity index (χ3n) is 3.06. The lowest BCUT2D eigenvalue weighted by Gasteiger charge is -2.17. The van der Waals surface area contributed by atoms with Gasteiger partial charge in [0.15, 0.2) is 0 Å². The van der Waals surface area contributed by atoms with Gasteiger partial charge in [0.2, 0.25) is 0 Å². The van der Waals surface area contributed by atoms with E-state index in [9.17, 15) is 5.11 Å². The standard InChI is InChI=1S/C16H16Br2O3/c1-3-21-14-7-5-11(17)9-12(14)16(19)10-4-6-15(20-2)13(18)8-10/h4-9,16,19H,3H2,1-2H3. The van der Waals surface area contributed by atoms with Crippen LogP contribution in [0.2, 0.25) is 0 Å². The first-order valence-electron chi connectivity index (χ1n) is 6.50. The maximum absolute atomic E-state index is 10.6. The van der Waals surface area contributed by atoms with Crippen molar-refractivity contribution < 1.29 is 14.6 Å². The van der Waals surface area contributed by atoms with Crippen molar-refractivity contribution in [3.8, 4) is 11.5 Å². The molecule has 3 nitrogen and oxygen atoms in total. The second kappa shape index (κ2) is 7.29. The maximum atomic E-state index is 10.6. The lowest BCUT2D eigenvalue weighted by atomic mass is 10.0. The zero-order valence-corrected chi connectivity index (χ0v) is 14.9. The molecule has 21 heavy (non-hydrogen) atoms. The Labute approximate surface area is 141 Å². The Hall–Kier alpha value is -1.04. The molecule has 0 saturated heterocycles. The van der Waals surface area contributed by atoms with Crippen LogP contribution in [0.5, 0.6) is 11.5 Å². The average Bonchev–Trinajstić information content (AvgIpc) is 2.48. The van der Waals surface area contributed by atoms with E-state index in [0.717, 1.165) is 25.8 Å². The summed E-state index contributed by atoms with van der Waals surface area (Å²) in [6, 6.07) is 11.1. The minimum atomic E-state index is -0.772. The Morgan fingerprint density at radius 1 is 1.10 bits per heavy atom. The second-order valence-corrected chi connectivity index (χ2v) is 6.18. The van der Waals surface area contributed by atoms with Gasteiger partial charge < -0.3 is 14.6 Å². The van der Waals surface area contributed by atoms with Gasteiger partial charge in [-0.1, -0.05) is 22.0 Å². The average molecular weight is 416 g/mol. The fourth-order valence-electron chi connectivity index (χ4n) is 2.05. The molecule has 0 saturated carbocycles. The molecule has 0 spiro atoms. The Balaban J connectivity index is 2.41. The van der Waals surface area contributed by atoms with Gasteiger partial charge in [0.05, 0.1) is 18.2 Å². The van der Waals surface area contributed by atoms with Crippen molar-refractivity contribution in [2.24, 2.45) is 0 Å².